The molecular weight excluding hydrogens is 190 g/mol. The maximum absolute atomic E-state index is 11.8. The van der Waals surface area contributed by atoms with Crippen molar-refractivity contribution in [2.45, 2.75) is 19.9 Å². The van der Waals surface area contributed by atoms with Gasteiger partial charge in [0.15, 0.2) is 0 Å². The zero-order chi connectivity index (χ0) is 10.8. The van der Waals surface area contributed by atoms with Gasteiger partial charge in [-0.05, 0) is 26.0 Å². The number of carbonyl (C=O) groups excluding carboxylic acids is 1. The summed E-state index contributed by atoms with van der Waals surface area (Å²) in [5.41, 5.74) is 1.92. The first-order valence-electron chi connectivity index (χ1n) is 5.10. The average molecular weight is 205 g/mol. The number of fused-ring (bicyclic) bond motifs is 1. The first-order valence-corrected chi connectivity index (χ1v) is 5.10. The SMILES string of the molecule is CC(C)N1C(=O)NCNc2ccccc21. The molecule has 0 saturated carbocycles. The maximum atomic E-state index is 11.8. The fourth-order valence-electron chi connectivity index (χ4n) is 1.76. The number of nitrogens with zero attached hydrogens (tertiary/aromatic N) is 1. The van der Waals surface area contributed by atoms with Gasteiger partial charge in [0.25, 0.3) is 0 Å². The molecule has 2 rings (SSSR count). The summed E-state index contributed by atoms with van der Waals surface area (Å²) in [5.74, 6) is 0. The van der Waals surface area contributed by atoms with Crippen LogP contribution in [-0.4, -0.2) is 18.7 Å². The Morgan fingerprint density at radius 1 is 1.27 bits per heavy atom. The zero-order valence-corrected chi connectivity index (χ0v) is 8.95. The van der Waals surface area contributed by atoms with Crippen molar-refractivity contribution in [3.63, 3.8) is 0 Å². The largest absolute Gasteiger partial charge is 0.366 e. The first kappa shape index (κ1) is 9.83. The van der Waals surface area contributed by atoms with Gasteiger partial charge in [-0.3, -0.25) is 4.90 Å². The van der Waals surface area contributed by atoms with E-state index >= 15 is 0 Å². The third-order valence-corrected chi connectivity index (χ3v) is 2.42. The lowest BCUT2D eigenvalue weighted by Gasteiger charge is -2.25. The summed E-state index contributed by atoms with van der Waals surface area (Å²) in [5, 5.41) is 5.97. The molecule has 1 aliphatic rings. The average Bonchev–Trinajstić information content (AvgIpc) is 2.35. The molecule has 1 heterocycles. The van der Waals surface area contributed by atoms with Crippen LogP contribution < -0.4 is 15.5 Å². The zero-order valence-electron chi connectivity index (χ0n) is 8.95. The van der Waals surface area contributed by atoms with E-state index in [0.29, 0.717) is 6.67 Å². The van der Waals surface area contributed by atoms with Gasteiger partial charge in [-0.2, -0.15) is 0 Å². The van der Waals surface area contributed by atoms with Crippen molar-refractivity contribution < 1.29 is 4.79 Å². The van der Waals surface area contributed by atoms with E-state index in [0.717, 1.165) is 11.4 Å². The van der Waals surface area contributed by atoms with E-state index in [4.69, 9.17) is 0 Å². The molecule has 15 heavy (non-hydrogen) atoms. The number of amides is 2. The second kappa shape index (κ2) is 3.81. The van der Waals surface area contributed by atoms with Crippen molar-refractivity contribution in [3.8, 4) is 0 Å². The van der Waals surface area contributed by atoms with Crippen LogP contribution in [0.1, 0.15) is 13.8 Å². The molecule has 4 heteroatoms. The Kier molecular flexibility index (Phi) is 2.49. The number of carbonyl (C=O) groups is 1. The van der Waals surface area contributed by atoms with Crippen LogP contribution in [0.4, 0.5) is 16.2 Å². The summed E-state index contributed by atoms with van der Waals surface area (Å²) in [6.07, 6.45) is 0. The minimum atomic E-state index is -0.0533. The van der Waals surface area contributed by atoms with Gasteiger partial charge in [0.2, 0.25) is 0 Å². The number of benzene rings is 1. The standard InChI is InChI=1S/C11H15N3O/c1-8(2)14-10-6-4-3-5-9(10)12-7-13-11(14)15/h3-6,8,12H,7H2,1-2H3,(H,13,15). The quantitative estimate of drug-likeness (QED) is 0.736. The minimum absolute atomic E-state index is 0.0533. The molecule has 1 aromatic rings. The highest BCUT2D eigenvalue weighted by Gasteiger charge is 2.23. The highest BCUT2D eigenvalue weighted by Crippen LogP contribution is 2.28. The van der Waals surface area contributed by atoms with Gasteiger partial charge in [0.05, 0.1) is 18.0 Å². The van der Waals surface area contributed by atoms with E-state index < -0.39 is 0 Å². The van der Waals surface area contributed by atoms with Gasteiger partial charge in [-0.25, -0.2) is 4.79 Å². The molecule has 80 valence electrons. The number of urea groups is 1. The lowest BCUT2D eigenvalue weighted by Crippen LogP contribution is -2.43. The van der Waals surface area contributed by atoms with Crippen LogP contribution >= 0.6 is 0 Å². The Hall–Kier alpha value is -1.71. The van der Waals surface area contributed by atoms with E-state index in [1.807, 2.05) is 38.1 Å². The summed E-state index contributed by atoms with van der Waals surface area (Å²) < 4.78 is 0. The van der Waals surface area contributed by atoms with Gasteiger partial charge < -0.3 is 10.6 Å². The fourth-order valence-corrected chi connectivity index (χ4v) is 1.76. The molecule has 0 aromatic heterocycles. The van der Waals surface area contributed by atoms with Crippen LogP contribution in [0.3, 0.4) is 0 Å². The third-order valence-electron chi connectivity index (χ3n) is 2.42. The molecule has 4 nitrogen and oxygen atoms in total. The summed E-state index contributed by atoms with van der Waals surface area (Å²) in [7, 11) is 0. The summed E-state index contributed by atoms with van der Waals surface area (Å²) in [6.45, 7) is 4.47. The predicted molar refractivity (Wildman–Crippen MR) is 61.1 cm³/mol. The van der Waals surface area contributed by atoms with Crippen LogP contribution in [-0.2, 0) is 0 Å². The van der Waals surface area contributed by atoms with Crippen molar-refractivity contribution in [2.75, 3.05) is 16.9 Å². The molecule has 1 aromatic carbocycles. The minimum Gasteiger partial charge on any atom is -0.366 e. The second-order valence-corrected chi connectivity index (χ2v) is 3.82. The van der Waals surface area contributed by atoms with Crippen LogP contribution in [0.2, 0.25) is 0 Å². The van der Waals surface area contributed by atoms with Crippen molar-refractivity contribution in [2.24, 2.45) is 0 Å². The molecule has 0 radical (unpaired) electrons. The Balaban J connectivity index is 2.47. The Bertz CT molecular complexity index is 376. The maximum Gasteiger partial charge on any atom is 0.323 e. The number of hydrogen-bond acceptors (Lipinski definition) is 2. The molecule has 0 aliphatic carbocycles. The molecular formula is C11H15N3O. The number of hydrogen-bond donors (Lipinski definition) is 2. The second-order valence-electron chi connectivity index (χ2n) is 3.82. The van der Waals surface area contributed by atoms with E-state index in [-0.39, 0.29) is 12.1 Å². The van der Waals surface area contributed by atoms with Crippen molar-refractivity contribution in [1.29, 1.82) is 0 Å². The van der Waals surface area contributed by atoms with E-state index in [2.05, 4.69) is 10.6 Å². The van der Waals surface area contributed by atoms with E-state index in [1.165, 1.54) is 0 Å². The number of para-hydroxylation sites is 2. The third kappa shape index (κ3) is 1.75. The smallest absolute Gasteiger partial charge is 0.323 e. The highest BCUT2D eigenvalue weighted by atomic mass is 16.2. The van der Waals surface area contributed by atoms with Crippen molar-refractivity contribution in [3.05, 3.63) is 24.3 Å². The lowest BCUT2D eigenvalue weighted by atomic mass is 10.2. The molecule has 0 fully saturated rings. The van der Waals surface area contributed by atoms with Gasteiger partial charge in [-0.15, -0.1) is 0 Å². The first-order chi connectivity index (χ1) is 7.20. The van der Waals surface area contributed by atoms with Gasteiger partial charge in [0, 0.05) is 6.04 Å². The van der Waals surface area contributed by atoms with Crippen LogP contribution in [0.15, 0.2) is 24.3 Å². The molecule has 0 atom stereocenters. The van der Waals surface area contributed by atoms with Crippen LogP contribution in [0, 0.1) is 0 Å². The van der Waals surface area contributed by atoms with Gasteiger partial charge in [-0.1, -0.05) is 12.1 Å². The normalized spacial score (nSPS) is 15.4. The molecule has 0 unspecified atom stereocenters. The summed E-state index contributed by atoms with van der Waals surface area (Å²) in [6, 6.07) is 7.92. The molecule has 1 aliphatic heterocycles. The van der Waals surface area contributed by atoms with Crippen molar-refractivity contribution in [1.82, 2.24) is 5.32 Å². The Morgan fingerprint density at radius 2 is 2.00 bits per heavy atom. The lowest BCUT2D eigenvalue weighted by molar-refractivity contribution is 0.246. The monoisotopic (exact) mass is 205 g/mol. The molecule has 2 amide bonds. The Labute approximate surface area is 89.3 Å². The number of rotatable bonds is 1. The highest BCUT2D eigenvalue weighted by molar-refractivity contribution is 5.97. The van der Waals surface area contributed by atoms with Crippen LogP contribution in [0.25, 0.3) is 0 Å². The number of nitrogens with one attached hydrogen (secondary N) is 2. The van der Waals surface area contributed by atoms with Gasteiger partial charge >= 0.3 is 6.03 Å². The molecule has 0 bridgehead atoms. The predicted octanol–water partition coefficient (Wildman–Crippen LogP) is 1.99. The van der Waals surface area contributed by atoms with Gasteiger partial charge in [0.1, 0.15) is 0 Å². The molecule has 2 N–H and O–H groups in total. The van der Waals surface area contributed by atoms with E-state index in [1.54, 1.807) is 4.90 Å². The van der Waals surface area contributed by atoms with Crippen molar-refractivity contribution >= 4 is 17.4 Å². The fraction of sp³-hybridized carbons (Fsp3) is 0.364. The molecule has 0 spiro atoms. The summed E-state index contributed by atoms with van der Waals surface area (Å²) >= 11 is 0. The molecule has 0 saturated heterocycles. The van der Waals surface area contributed by atoms with E-state index in [9.17, 15) is 4.79 Å². The number of anilines is 2. The topological polar surface area (TPSA) is 44.4 Å². The van der Waals surface area contributed by atoms with Crippen LogP contribution in [0.5, 0.6) is 0 Å². The summed E-state index contributed by atoms with van der Waals surface area (Å²) in [4.78, 5) is 13.6. The Morgan fingerprint density at radius 3 is 2.73 bits per heavy atom.